The van der Waals surface area contributed by atoms with Crippen molar-refractivity contribution in [3.8, 4) is 16.5 Å². The fraction of sp³-hybridized carbons (Fsp3) is 0.0556. The molecule has 0 bridgehead atoms. The molecule has 0 radical (unpaired) electrons. The van der Waals surface area contributed by atoms with Gasteiger partial charge in [0.25, 0.3) is 5.91 Å². The first-order chi connectivity index (χ1) is 12.6. The number of anilines is 1. The van der Waals surface area contributed by atoms with Gasteiger partial charge < -0.3 is 9.73 Å². The average Bonchev–Trinajstić information content (AvgIpc) is 3.35. The first kappa shape index (κ1) is 16.2. The number of amides is 1. The molecule has 4 aromatic rings. The molecule has 0 saturated carbocycles. The molecule has 0 spiro atoms. The van der Waals surface area contributed by atoms with E-state index in [0.29, 0.717) is 22.3 Å². The summed E-state index contributed by atoms with van der Waals surface area (Å²) in [6.07, 6.45) is 1.56. The molecule has 1 amide bonds. The zero-order chi connectivity index (χ0) is 18.1. The van der Waals surface area contributed by atoms with E-state index in [-0.39, 0.29) is 17.4 Å². The molecule has 130 valence electrons. The number of aromatic nitrogens is 3. The van der Waals surface area contributed by atoms with E-state index in [4.69, 9.17) is 4.42 Å². The zero-order valence-electron chi connectivity index (χ0n) is 13.6. The first-order valence-electron chi connectivity index (χ1n) is 7.73. The second kappa shape index (κ2) is 6.57. The van der Waals surface area contributed by atoms with Crippen LogP contribution in [0.15, 0.2) is 58.5 Å². The van der Waals surface area contributed by atoms with Crippen LogP contribution in [0.1, 0.15) is 16.2 Å². The molecule has 26 heavy (non-hydrogen) atoms. The number of hydrogen-bond donors (Lipinski definition) is 1. The van der Waals surface area contributed by atoms with Gasteiger partial charge in [-0.25, -0.2) is 14.1 Å². The number of thiazole rings is 1. The van der Waals surface area contributed by atoms with Crippen molar-refractivity contribution in [2.24, 2.45) is 0 Å². The molecule has 8 heteroatoms. The van der Waals surface area contributed by atoms with Crippen molar-refractivity contribution in [1.29, 1.82) is 0 Å². The van der Waals surface area contributed by atoms with Gasteiger partial charge in [-0.3, -0.25) is 4.79 Å². The Morgan fingerprint density at radius 2 is 2.08 bits per heavy atom. The maximum absolute atomic E-state index is 13.1. The minimum atomic E-state index is -0.359. The second-order valence-electron chi connectivity index (χ2n) is 5.53. The molecule has 0 atom stereocenters. The normalized spacial score (nSPS) is 10.8. The summed E-state index contributed by atoms with van der Waals surface area (Å²) in [5, 5.41) is 9.44. The van der Waals surface area contributed by atoms with Gasteiger partial charge in [-0.2, -0.15) is 5.10 Å². The van der Waals surface area contributed by atoms with Crippen LogP contribution in [-0.2, 0) is 0 Å². The Hall–Kier alpha value is -3.26. The van der Waals surface area contributed by atoms with Gasteiger partial charge in [0.15, 0.2) is 10.8 Å². The highest BCUT2D eigenvalue weighted by atomic mass is 32.1. The number of furan rings is 1. The van der Waals surface area contributed by atoms with Crippen molar-refractivity contribution < 1.29 is 13.6 Å². The van der Waals surface area contributed by atoms with Gasteiger partial charge in [-0.15, -0.1) is 11.3 Å². The van der Waals surface area contributed by atoms with Crippen LogP contribution in [0.2, 0.25) is 0 Å². The topological polar surface area (TPSA) is 73.0 Å². The minimum absolute atomic E-state index is 0.283. The molecule has 3 aromatic heterocycles. The summed E-state index contributed by atoms with van der Waals surface area (Å²) in [5.74, 6) is 0.395. The fourth-order valence-electron chi connectivity index (χ4n) is 2.44. The van der Waals surface area contributed by atoms with Gasteiger partial charge in [0, 0.05) is 11.4 Å². The predicted molar refractivity (Wildman–Crippen MR) is 96.0 cm³/mol. The van der Waals surface area contributed by atoms with Crippen molar-refractivity contribution in [3.63, 3.8) is 0 Å². The smallest absolute Gasteiger partial charge is 0.276 e. The Kier molecular flexibility index (Phi) is 4.10. The summed E-state index contributed by atoms with van der Waals surface area (Å²) in [6, 6.07) is 11.2. The van der Waals surface area contributed by atoms with E-state index in [0.717, 1.165) is 5.69 Å². The third-order valence-electron chi connectivity index (χ3n) is 3.61. The molecule has 0 aliphatic carbocycles. The molecule has 0 unspecified atom stereocenters. The van der Waals surface area contributed by atoms with Gasteiger partial charge in [-0.05, 0) is 43.3 Å². The van der Waals surface area contributed by atoms with Crippen LogP contribution in [0.3, 0.4) is 0 Å². The van der Waals surface area contributed by atoms with E-state index in [1.165, 1.54) is 23.5 Å². The van der Waals surface area contributed by atoms with Crippen LogP contribution in [0.5, 0.6) is 0 Å². The molecular weight excluding hydrogens is 355 g/mol. The standard InChI is InChI=1S/C18H13FN4O2S/c1-11-9-16(23(22-11)13-6-4-12(19)5-7-13)21-17(24)14-10-26-18(20-14)15-3-2-8-25-15/h2-10H,1H3,(H,21,24). The lowest BCUT2D eigenvalue weighted by Crippen LogP contribution is -2.15. The summed E-state index contributed by atoms with van der Waals surface area (Å²) >= 11 is 1.32. The van der Waals surface area contributed by atoms with E-state index in [2.05, 4.69) is 15.4 Å². The first-order valence-corrected chi connectivity index (χ1v) is 8.61. The Balaban J connectivity index is 1.59. The van der Waals surface area contributed by atoms with Gasteiger partial charge in [0.1, 0.15) is 17.3 Å². The maximum Gasteiger partial charge on any atom is 0.276 e. The minimum Gasteiger partial charge on any atom is -0.462 e. The van der Waals surface area contributed by atoms with Crippen molar-refractivity contribution in [2.75, 3.05) is 5.32 Å². The van der Waals surface area contributed by atoms with Gasteiger partial charge in [-0.1, -0.05) is 0 Å². The highest BCUT2D eigenvalue weighted by molar-refractivity contribution is 7.13. The number of halogens is 1. The number of carbonyl (C=O) groups is 1. The number of carbonyl (C=O) groups excluding carboxylic acids is 1. The largest absolute Gasteiger partial charge is 0.462 e. The van der Waals surface area contributed by atoms with E-state index in [1.54, 1.807) is 46.7 Å². The van der Waals surface area contributed by atoms with Gasteiger partial charge in [0.2, 0.25) is 0 Å². The summed E-state index contributed by atoms with van der Waals surface area (Å²) in [7, 11) is 0. The number of nitrogens with one attached hydrogen (secondary N) is 1. The number of aryl methyl sites for hydroxylation is 1. The SMILES string of the molecule is Cc1cc(NC(=O)c2csc(-c3ccco3)n2)n(-c2ccc(F)cc2)n1. The van der Waals surface area contributed by atoms with Crippen LogP contribution in [0.25, 0.3) is 16.5 Å². The molecule has 1 N–H and O–H groups in total. The van der Waals surface area contributed by atoms with Gasteiger partial charge in [0.05, 0.1) is 17.6 Å². The Morgan fingerprint density at radius 3 is 2.81 bits per heavy atom. The number of benzene rings is 1. The summed E-state index contributed by atoms with van der Waals surface area (Å²) in [5.41, 5.74) is 1.65. The van der Waals surface area contributed by atoms with Crippen LogP contribution in [0, 0.1) is 12.7 Å². The van der Waals surface area contributed by atoms with Crippen LogP contribution >= 0.6 is 11.3 Å². The quantitative estimate of drug-likeness (QED) is 0.583. The molecule has 0 saturated heterocycles. The molecular formula is C18H13FN4O2S. The number of nitrogens with zero attached hydrogens (tertiary/aromatic N) is 3. The molecule has 3 heterocycles. The Labute approximate surface area is 151 Å². The summed E-state index contributed by atoms with van der Waals surface area (Å²) < 4.78 is 20.0. The third-order valence-corrected chi connectivity index (χ3v) is 4.47. The lowest BCUT2D eigenvalue weighted by atomic mass is 10.3. The third kappa shape index (κ3) is 3.14. The van der Waals surface area contributed by atoms with Crippen LogP contribution in [0.4, 0.5) is 10.2 Å². The highest BCUT2D eigenvalue weighted by Crippen LogP contribution is 2.25. The number of hydrogen-bond acceptors (Lipinski definition) is 5. The monoisotopic (exact) mass is 368 g/mol. The average molecular weight is 368 g/mol. The lowest BCUT2D eigenvalue weighted by molar-refractivity contribution is 0.102. The van der Waals surface area contributed by atoms with Crippen molar-refractivity contribution in [2.45, 2.75) is 6.92 Å². The number of rotatable bonds is 4. The second-order valence-corrected chi connectivity index (χ2v) is 6.39. The fourth-order valence-corrected chi connectivity index (χ4v) is 3.21. The Bertz CT molecular complexity index is 1050. The molecule has 6 nitrogen and oxygen atoms in total. The summed E-state index contributed by atoms with van der Waals surface area (Å²) in [6.45, 7) is 1.81. The van der Waals surface area contributed by atoms with E-state index in [9.17, 15) is 9.18 Å². The van der Waals surface area contributed by atoms with Crippen LogP contribution in [-0.4, -0.2) is 20.7 Å². The molecule has 4 rings (SSSR count). The maximum atomic E-state index is 13.1. The Morgan fingerprint density at radius 1 is 1.27 bits per heavy atom. The van der Waals surface area contributed by atoms with E-state index >= 15 is 0 Å². The van der Waals surface area contributed by atoms with E-state index in [1.807, 2.05) is 6.92 Å². The summed E-state index contributed by atoms with van der Waals surface area (Å²) in [4.78, 5) is 16.8. The van der Waals surface area contributed by atoms with Gasteiger partial charge >= 0.3 is 0 Å². The molecule has 0 aliphatic rings. The van der Waals surface area contributed by atoms with Crippen molar-refractivity contribution >= 4 is 23.1 Å². The lowest BCUT2D eigenvalue weighted by Gasteiger charge is -2.08. The molecule has 0 aliphatic heterocycles. The highest BCUT2D eigenvalue weighted by Gasteiger charge is 2.16. The van der Waals surface area contributed by atoms with E-state index < -0.39 is 0 Å². The zero-order valence-corrected chi connectivity index (χ0v) is 14.5. The van der Waals surface area contributed by atoms with Crippen molar-refractivity contribution in [1.82, 2.24) is 14.8 Å². The molecule has 0 fully saturated rings. The van der Waals surface area contributed by atoms with Crippen LogP contribution < -0.4 is 5.32 Å². The predicted octanol–water partition coefficient (Wildman–Crippen LogP) is 4.29. The van der Waals surface area contributed by atoms with Crippen molar-refractivity contribution in [3.05, 3.63) is 71.3 Å². The molecule has 1 aromatic carbocycles.